The normalized spacial score (nSPS) is 16.3. The van der Waals surface area contributed by atoms with Crippen LogP contribution in [0.2, 0.25) is 0 Å². The van der Waals surface area contributed by atoms with E-state index in [1.165, 1.54) is 0 Å². The molecule has 2 atom stereocenters. The average Bonchev–Trinajstić information content (AvgIpc) is 2.79. The summed E-state index contributed by atoms with van der Waals surface area (Å²) < 4.78 is 29.6. The fourth-order valence-electron chi connectivity index (χ4n) is 2.78. The molecule has 0 aromatic carbocycles. The van der Waals surface area contributed by atoms with E-state index in [1.54, 1.807) is 0 Å². The first-order valence-electron chi connectivity index (χ1n) is 10.7. The molecule has 2 unspecified atom stereocenters. The van der Waals surface area contributed by atoms with E-state index in [1.807, 2.05) is 4.90 Å². The van der Waals surface area contributed by atoms with Gasteiger partial charge in [0.25, 0.3) is 10.1 Å². The first-order chi connectivity index (χ1) is 16.3. The summed E-state index contributed by atoms with van der Waals surface area (Å²) in [7, 11) is -3.84. The molecule has 1 rings (SSSR count). The zero-order valence-corrected chi connectivity index (χ0v) is 20.9. The number of carbonyl (C=O) groups is 4. The van der Waals surface area contributed by atoms with Crippen LogP contribution in [0.3, 0.4) is 0 Å². The van der Waals surface area contributed by atoms with Gasteiger partial charge in [0.1, 0.15) is 18.6 Å². The molecule has 2 amide bonds. The number of aliphatic hydroxyl groups excluding tert-OH is 1. The molecule has 8 N–H and O–H groups in total. The molecule has 0 radical (unpaired) electrons. The van der Waals surface area contributed by atoms with Gasteiger partial charge >= 0.3 is 11.9 Å². The number of amides is 2. The maximum absolute atomic E-state index is 11.5. The lowest BCUT2D eigenvalue weighted by molar-refractivity contribution is -0.139. The summed E-state index contributed by atoms with van der Waals surface area (Å²) in [6.07, 6.45) is -0.235. The number of carbonyl (C=O) groups excluding carboxylic acids is 2. The Labute approximate surface area is 209 Å². The van der Waals surface area contributed by atoms with Crippen LogP contribution >= 0.6 is 12.6 Å². The molecule has 0 spiro atoms. The maximum atomic E-state index is 11.5. The standard InChI is InChI=1S/C10H17N3O6S.C8H18N2O4S/c11-5(10(18)19)1-2-7(14)13-6(4-20)9(17)12-3-8(15)16;11-7-5-9-1-3-10(4-2-9)6-8-15(12,13)14/h5-6,20H,1-4,11H2,(H,12,17)(H,13,14)(H,15,16)(H,18,19);11H,1-8H2,(H,12,13,14). The Bertz CT molecular complexity index is 791. The van der Waals surface area contributed by atoms with Crippen LogP contribution in [0.5, 0.6) is 0 Å². The Balaban J connectivity index is 0.000000686. The number of β-amino-alcohol motifs (C(OH)–C–C–N with tert-alkyl or cyclic N) is 1. The Morgan fingerprint density at radius 1 is 1.03 bits per heavy atom. The molecular formula is C18H35N5O10S2. The van der Waals surface area contributed by atoms with Crippen molar-refractivity contribution in [3.63, 3.8) is 0 Å². The molecule has 1 aliphatic rings. The highest BCUT2D eigenvalue weighted by Gasteiger charge is 2.21. The van der Waals surface area contributed by atoms with Crippen LogP contribution in [0.1, 0.15) is 12.8 Å². The molecule has 0 aromatic rings. The van der Waals surface area contributed by atoms with E-state index in [2.05, 4.69) is 28.2 Å². The van der Waals surface area contributed by atoms with Crippen LogP contribution in [0.25, 0.3) is 0 Å². The third-order valence-corrected chi connectivity index (χ3v) is 5.86. The minimum atomic E-state index is -3.84. The van der Waals surface area contributed by atoms with Gasteiger partial charge in [0, 0.05) is 51.4 Å². The Morgan fingerprint density at radius 2 is 1.57 bits per heavy atom. The highest BCUT2D eigenvalue weighted by atomic mass is 32.2. The van der Waals surface area contributed by atoms with Crippen molar-refractivity contribution in [3.05, 3.63) is 0 Å². The summed E-state index contributed by atoms with van der Waals surface area (Å²) >= 11 is 3.87. The van der Waals surface area contributed by atoms with Crippen molar-refractivity contribution in [2.75, 3.05) is 63.9 Å². The van der Waals surface area contributed by atoms with Gasteiger partial charge in [0.05, 0.1) is 12.4 Å². The number of nitrogens with zero attached hydrogens (tertiary/aromatic N) is 2. The van der Waals surface area contributed by atoms with Gasteiger partial charge in [-0.1, -0.05) is 0 Å². The monoisotopic (exact) mass is 545 g/mol. The lowest BCUT2D eigenvalue weighted by atomic mass is 10.1. The first kappa shape index (κ1) is 33.0. The van der Waals surface area contributed by atoms with E-state index in [-0.39, 0.29) is 31.0 Å². The molecule has 17 heteroatoms. The number of carboxylic acids is 2. The number of rotatable bonds is 14. The van der Waals surface area contributed by atoms with Gasteiger partial charge in [-0.3, -0.25) is 33.5 Å². The van der Waals surface area contributed by atoms with Crippen molar-refractivity contribution in [1.29, 1.82) is 0 Å². The van der Waals surface area contributed by atoms with Crippen molar-refractivity contribution in [3.8, 4) is 0 Å². The number of nitrogens with one attached hydrogen (secondary N) is 2. The molecule has 0 saturated carbocycles. The molecule has 0 aromatic heterocycles. The number of piperazine rings is 1. The SMILES string of the molecule is NC(CCC(=O)NC(CS)C(=O)NCC(=O)O)C(=O)O.O=S(=O)(O)CCN1CCN(CCO)CC1. The molecule has 0 bridgehead atoms. The maximum Gasteiger partial charge on any atom is 0.322 e. The molecule has 204 valence electrons. The Kier molecular flexibility index (Phi) is 16.4. The van der Waals surface area contributed by atoms with Gasteiger partial charge in [0.2, 0.25) is 11.8 Å². The van der Waals surface area contributed by atoms with Gasteiger partial charge in [-0.2, -0.15) is 21.0 Å². The lowest BCUT2D eigenvalue weighted by Crippen LogP contribution is -2.49. The molecule has 0 aliphatic carbocycles. The van der Waals surface area contributed by atoms with Crippen LogP contribution < -0.4 is 16.4 Å². The number of hydrogen-bond donors (Lipinski definition) is 8. The summed E-state index contributed by atoms with van der Waals surface area (Å²) in [5.74, 6) is -3.91. The quantitative estimate of drug-likeness (QED) is 0.0774. The third-order valence-electron chi connectivity index (χ3n) is 4.79. The fourth-order valence-corrected chi connectivity index (χ4v) is 3.53. The van der Waals surface area contributed by atoms with Crippen molar-refractivity contribution >= 4 is 46.5 Å². The van der Waals surface area contributed by atoms with Gasteiger partial charge in [-0.15, -0.1) is 0 Å². The molecule has 1 aliphatic heterocycles. The molecule has 1 saturated heterocycles. The van der Waals surface area contributed by atoms with E-state index in [0.29, 0.717) is 13.1 Å². The van der Waals surface area contributed by atoms with Crippen molar-refractivity contribution < 1.29 is 47.5 Å². The first-order valence-corrected chi connectivity index (χ1v) is 12.9. The summed E-state index contributed by atoms with van der Waals surface area (Å²) in [5.41, 5.74) is 5.23. The van der Waals surface area contributed by atoms with Crippen LogP contribution in [0.4, 0.5) is 0 Å². The third kappa shape index (κ3) is 17.1. The molecule has 15 nitrogen and oxygen atoms in total. The van der Waals surface area contributed by atoms with E-state index in [4.69, 9.17) is 25.6 Å². The second-order valence-corrected chi connectivity index (χ2v) is 9.53. The molecular weight excluding hydrogens is 510 g/mol. The zero-order valence-electron chi connectivity index (χ0n) is 19.2. The topological polar surface area (TPSA) is 240 Å². The van der Waals surface area contributed by atoms with Gasteiger partial charge < -0.3 is 31.7 Å². The summed E-state index contributed by atoms with van der Waals surface area (Å²) in [6.45, 7) is 3.90. The number of aliphatic carboxylic acids is 2. The second kappa shape index (κ2) is 17.4. The van der Waals surface area contributed by atoms with Gasteiger partial charge in [0.15, 0.2) is 0 Å². The summed E-state index contributed by atoms with van der Waals surface area (Å²) in [4.78, 5) is 47.9. The smallest absolute Gasteiger partial charge is 0.322 e. The Hall–Kier alpha value is -2.02. The summed E-state index contributed by atoms with van der Waals surface area (Å²) in [5, 5.41) is 30.1. The Morgan fingerprint density at radius 3 is 2.00 bits per heavy atom. The van der Waals surface area contributed by atoms with Gasteiger partial charge in [-0.05, 0) is 6.42 Å². The van der Waals surface area contributed by atoms with E-state index in [9.17, 15) is 27.6 Å². The highest BCUT2D eigenvalue weighted by Crippen LogP contribution is 2.01. The number of thiol groups is 1. The van der Waals surface area contributed by atoms with Crippen LogP contribution in [0.15, 0.2) is 0 Å². The van der Waals surface area contributed by atoms with Crippen LogP contribution in [0, 0.1) is 0 Å². The van der Waals surface area contributed by atoms with E-state index in [0.717, 1.165) is 26.2 Å². The number of aliphatic hydroxyl groups is 1. The molecule has 1 heterocycles. The van der Waals surface area contributed by atoms with Crippen LogP contribution in [-0.2, 0) is 29.3 Å². The number of nitrogens with two attached hydrogens (primary N) is 1. The van der Waals surface area contributed by atoms with E-state index >= 15 is 0 Å². The van der Waals surface area contributed by atoms with Gasteiger partial charge in [-0.25, -0.2) is 0 Å². The minimum absolute atomic E-state index is 0.0256. The summed E-state index contributed by atoms with van der Waals surface area (Å²) in [6, 6.07) is -2.15. The second-order valence-electron chi connectivity index (χ2n) is 7.59. The van der Waals surface area contributed by atoms with E-state index < -0.39 is 52.5 Å². The highest BCUT2D eigenvalue weighted by molar-refractivity contribution is 7.85. The zero-order chi connectivity index (χ0) is 27.0. The number of carboxylic acid groups (broad SMARTS) is 2. The molecule has 35 heavy (non-hydrogen) atoms. The van der Waals surface area contributed by atoms with Crippen LogP contribution in [-0.4, -0.2) is 138 Å². The van der Waals surface area contributed by atoms with Crippen molar-refractivity contribution in [2.45, 2.75) is 24.9 Å². The van der Waals surface area contributed by atoms with Crippen molar-refractivity contribution in [1.82, 2.24) is 20.4 Å². The lowest BCUT2D eigenvalue weighted by Gasteiger charge is -2.33. The largest absolute Gasteiger partial charge is 0.480 e. The molecule has 1 fully saturated rings. The van der Waals surface area contributed by atoms with Crippen molar-refractivity contribution in [2.24, 2.45) is 5.73 Å². The average molecular weight is 546 g/mol. The number of hydrogen-bond acceptors (Lipinski definition) is 11. The fraction of sp³-hybridized carbons (Fsp3) is 0.778. The predicted molar refractivity (Wildman–Crippen MR) is 128 cm³/mol. The minimum Gasteiger partial charge on any atom is -0.480 e. The predicted octanol–water partition coefficient (Wildman–Crippen LogP) is -3.72.